The summed E-state index contributed by atoms with van der Waals surface area (Å²) in [5.41, 5.74) is 4.04. The Morgan fingerprint density at radius 2 is 1.92 bits per heavy atom. The highest BCUT2D eigenvalue weighted by Gasteiger charge is 2.15. The summed E-state index contributed by atoms with van der Waals surface area (Å²) in [6.45, 7) is 1.91. The lowest BCUT2D eigenvalue weighted by Crippen LogP contribution is -2.05. The van der Waals surface area contributed by atoms with Crippen molar-refractivity contribution in [3.05, 3.63) is 71.1 Å². The Morgan fingerprint density at radius 3 is 2.67 bits per heavy atom. The first-order valence-electron chi connectivity index (χ1n) is 7.21. The number of hydrogen-bond donors (Lipinski definition) is 0. The summed E-state index contributed by atoms with van der Waals surface area (Å²) in [5.74, 6) is 0. The van der Waals surface area contributed by atoms with Crippen molar-refractivity contribution in [1.82, 2.24) is 24.1 Å². The average Bonchev–Trinajstić information content (AvgIpc) is 3.18. The maximum atomic E-state index is 11.1. The second kappa shape index (κ2) is 5.27. The SMILES string of the molecule is Cc1ccc([N+](=O)[O-])cc1-n1ccc2ncc(-c3cncnc3)n21. The summed E-state index contributed by atoms with van der Waals surface area (Å²) >= 11 is 0. The van der Waals surface area contributed by atoms with E-state index in [2.05, 4.69) is 15.0 Å². The smallest absolute Gasteiger partial charge is 0.258 e. The fourth-order valence-corrected chi connectivity index (χ4v) is 2.68. The topological polar surface area (TPSA) is 91.1 Å². The standard InChI is InChI=1S/C16H12N6O2/c1-11-2-3-13(22(23)24)6-14(11)20-5-4-16-19-9-15(21(16)20)12-7-17-10-18-8-12/h2-10H,1H3. The van der Waals surface area contributed by atoms with Gasteiger partial charge >= 0.3 is 0 Å². The van der Waals surface area contributed by atoms with Crippen molar-refractivity contribution in [3.8, 4) is 16.9 Å². The van der Waals surface area contributed by atoms with Gasteiger partial charge in [0.05, 0.1) is 22.5 Å². The van der Waals surface area contributed by atoms with Gasteiger partial charge in [-0.3, -0.25) is 14.8 Å². The monoisotopic (exact) mass is 320 g/mol. The third kappa shape index (κ3) is 2.12. The van der Waals surface area contributed by atoms with Crippen LogP contribution < -0.4 is 0 Å². The zero-order chi connectivity index (χ0) is 16.7. The maximum Gasteiger partial charge on any atom is 0.271 e. The van der Waals surface area contributed by atoms with E-state index in [0.29, 0.717) is 0 Å². The highest BCUT2D eigenvalue weighted by atomic mass is 16.6. The van der Waals surface area contributed by atoms with Gasteiger partial charge in [-0.2, -0.15) is 0 Å². The molecule has 0 saturated carbocycles. The van der Waals surface area contributed by atoms with Crippen molar-refractivity contribution in [3.63, 3.8) is 0 Å². The number of imidazole rings is 1. The molecule has 0 atom stereocenters. The largest absolute Gasteiger partial charge is 0.271 e. The number of rotatable bonds is 3. The van der Waals surface area contributed by atoms with Gasteiger partial charge in [0.2, 0.25) is 0 Å². The Bertz CT molecular complexity index is 1050. The van der Waals surface area contributed by atoms with Crippen LogP contribution in [0.4, 0.5) is 5.69 Å². The van der Waals surface area contributed by atoms with E-state index in [9.17, 15) is 10.1 Å². The molecule has 0 radical (unpaired) electrons. The summed E-state index contributed by atoms with van der Waals surface area (Å²) in [5, 5.41) is 11.1. The van der Waals surface area contributed by atoms with E-state index in [0.717, 1.165) is 28.2 Å². The molecule has 4 aromatic rings. The molecule has 24 heavy (non-hydrogen) atoms. The number of non-ortho nitro benzene ring substituents is 1. The van der Waals surface area contributed by atoms with Crippen LogP contribution >= 0.6 is 0 Å². The van der Waals surface area contributed by atoms with E-state index in [1.807, 2.05) is 28.4 Å². The minimum absolute atomic E-state index is 0.0437. The van der Waals surface area contributed by atoms with E-state index >= 15 is 0 Å². The van der Waals surface area contributed by atoms with Crippen LogP contribution in [0.2, 0.25) is 0 Å². The Hall–Kier alpha value is -3.55. The van der Waals surface area contributed by atoms with E-state index in [1.165, 1.54) is 12.4 Å². The lowest BCUT2D eigenvalue weighted by molar-refractivity contribution is -0.384. The summed E-state index contributed by atoms with van der Waals surface area (Å²) < 4.78 is 3.72. The highest BCUT2D eigenvalue weighted by molar-refractivity contribution is 5.62. The van der Waals surface area contributed by atoms with Crippen molar-refractivity contribution in [1.29, 1.82) is 0 Å². The first-order valence-corrected chi connectivity index (χ1v) is 7.21. The van der Waals surface area contributed by atoms with Crippen LogP contribution in [0.3, 0.4) is 0 Å². The summed E-state index contributed by atoms with van der Waals surface area (Å²) in [6, 6.07) is 6.65. The average molecular weight is 320 g/mol. The summed E-state index contributed by atoms with van der Waals surface area (Å²) in [6.07, 6.45) is 8.44. The van der Waals surface area contributed by atoms with Crippen molar-refractivity contribution in [2.75, 3.05) is 0 Å². The van der Waals surface area contributed by atoms with Crippen molar-refractivity contribution >= 4 is 11.3 Å². The van der Waals surface area contributed by atoms with Crippen molar-refractivity contribution in [2.24, 2.45) is 0 Å². The van der Waals surface area contributed by atoms with Crippen LogP contribution in [-0.2, 0) is 0 Å². The first kappa shape index (κ1) is 14.1. The third-order valence-electron chi connectivity index (χ3n) is 3.85. The van der Waals surface area contributed by atoms with E-state index in [1.54, 1.807) is 30.7 Å². The summed E-state index contributed by atoms with van der Waals surface area (Å²) in [4.78, 5) is 23.2. The van der Waals surface area contributed by atoms with E-state index < -0.39 is 4.92 Å². The Morgan fingerprint density at radius 1 is 1.12 bits per heavy atom. The fraction of sp³-hybridized carbons (Fsp3) is 0.0625. The molecule has 0 aliphatic carbocycles. The predicted molar refractivity (Wildman–Crippen MR) is 86.9 cm³/mol. The molecular weight excluding hydrogens is 308 g/mol. The second-order valence-electron chi connectivity index (χ2n) is 5.33. The van der Waals surface area contributed by atoms with Crippen LogP contribution in [0.25, 0.3) is 22.6 Å². The zero-order valence-electron chi connectivity index (χ0n) is 12.7. The van der Waals surface area contributed by atoms with Gasteiger partial charge < -0.3 is 0 Å². The minimum Gasteiger partial charge on any atom is -0.258 e. The van der Waals surface area contributed by atoms with Gasteiger partial charge in [0.15, 0.2) is 5.65 Å². The second-order valence-corrected chi connectivity index (χ2v) is 5.33. The molecule has 8 heteroatoms. The Balaban J connectivity index is 1.97. The number of nitro groups is 1. The highest BCUT2D eigenvalue weighted by Crippen LogP contribution is 2.25. The van der Waals surface area contributed by atoms with Crippen molar-refractivity contribution in [2.45, 2.75) is 6.92 Å². The normalized spacial score (nSPS) is 11.0. The molecule has 118 valence electrons. The molecule has 0 N–H and O–H groups in total. The predicted octanol–water partition coefficient (Wildman–Crippen LogP) is 2.80. The van der Waals surface area contributed by atoms with Gasteiger partial charge in [0.1, 0.15) is 6.33 Å². The molecule has 0 fully saturated rings. The molecule has 0 saturated heterocycles. The first-order chi connectivity index (χ1) is 11.6. The number of benzene rings is 1. The number of fused-ring (bicyclic) bond motifs is 1. The third-order valence-corrected chi connectivity index (χ3v) is 3.85. The molecule has 0 amide bonds. The lowest BCUT2D eigenvalue weighted by atomic mass is 10.2. The zero-order valence-corrected chi connectivity index (χ0v) is 12.7. The molecule has 3 aromatic heterocycles. The van der Waals surface area contributed by atoms with Gasteiger partial charge in [-0.15, -0.1) is 0 Å². The summed E-state index contributed by atoms with van der Waals surface area (Å²) in [7, 11) is 0. The number of aryl methyl sites for hydroxylation is 1. The van der Waals surface area contributed by atoms with Crippen molar-refractivity contribution < 1.29 is 4.92 Å². The molecule has 0 aliphatic heterocycles. The van der Waals surface area contributed by atoms with E-state index in [4.69, 9.17) is 0 Å². The number of nitrogens with zero attached hydrogens (tertiary/aromatic N) is 6. The van der Waals surface area contributed by atoms with Gasteiger partial charge in [-0.25, -0.2) is 19.5 Å². The molecule has 1 aromatic carbocycles. The fourth-order valence-electron chi connectivity index (χ4n) is 2.68. The van der Waals surface area contributed by atoms with Crippen LogP contribution in [0.15, 0.2) is 55.4 Å². The molecule has 8 nitrogen and oxygen atoms in total. The number of aromatic nitrogens is 5. The number of hydrogen-bond acceptors (Lipinski definition) is 5. The molecular formula is C16H12N6O2. The molecule has 3 heterocycles. The van der Waals surface area contributed by atoms with Gasteiger partial charge in [-0.1, -0.05) is 6.07 Å². The molecule has 0 aliphatic rings. The van der Waals surface area contributed by atoms with Gasteiger partial charge in [0, 0.05) is 42.4 Å². The molecule has 4 rings (SSSR count). The molecule has 0 unspecified atom stereocenters. The van der Waals surface area contributed by atoms with E-state index in [-0.39, 0.29) is 5.69 Å². The Labute approximate surface area is 136 Å². The molecule has 0 bridgehead atoms. The quantitative estimate of drug-likeness (QED) is 0.427. The minimum atomic E-state index is -0.399. The van der Waals surface area contributed by atoms with Crippen LogP contribution in [0.1, 0.15) is 5.56 Å². The lowest BCUT2D eigenvalue weighted by Gasteiger charge is -2.11. The van der Waals surface area contributed by atoms with Gasteiger partial charge in [-0.05, 0) is 12.5 Å². The number of nitro benzene ring substituents is 1. The van der Waals surface area contributed by atoms with Crippen LogP contribution in [0, 0.1) is 17.0 Å². The van der Waals surface area contributed by atoms with Crippen LogP contribution in [0.5, 0.6) is 0 Å². The Kier molecular flexibility index (Phi) is 3.09. The maximum absolute atomic E-state index is 11.1. The molecule has 0 spiro atoms. The van der Waals surface area contributed by atoms with Gasteiger partial charge in [0.25, 0.3) is 5.69 Å². The van der Waals surface area contributed by atoms with Crippen LogP contribution in [-0.4, -0.2) is 29.1 Å².